The smallest absolute Gasteiger partial charge is 0.303 e. The Morgan fingerprint density at radius 2 is 1.81 bits per heavy atom. The Labute approximate surface area is 285 Å². The van der Waals surface area contributed by atoms with E-state index in [0.29, 0.717) is 54.0 Å². The summed E-state index contributed by atoms with van der Waals surface area (Å²) in [5.74, 6) is 2.43. The molecule has 5 saturated carbocycles. The van der Waals surface area contributed by atoms with Crippen LogP contribution in [0.2, 0.25) is 0 Å². The molecule has 1 aromatic rings. The van der Waals surface area contributed by atoms with E-state index in [1.54, 1.807) is 37.1 Å². The Balaban J connectivity index is 0.956. The largest absolute Gasteiger partial charge is 0.459 e. The molecule has 2 spiro atoms. The first kappa shape index (κ1) is 33.2. The summed E-state index contributed by atoms with van der Waals surface area (Å²) >= 11 is 0. The third-order valence-electron chi connectivity index (χ3n) is 15.3. The van der Waals surface area contributed by atoms with Crippen LogP contribution < -0.4 is 0 Å². The fourth-order valence-corrected chi connectivity index (χ4v) is 13.2. The zero-order valence-corrected chi connectivity index (χ0v) is 29.9. The predicted molar refractivity (Wildman–Crippen MR) is 177 cm³/mol. The number of esters is 1. The lowest BCUT2D eigenvalue weighted by Crippen LogP contribution is -2.56. The topological polar surface area (TPSA) is 108 Å². The van der Waals surface area contributed by atoms with Crippen molar-refractivity contribution in [3.8, 4) is 0 Å². The van der Waals surface area contributed by atoms with Gasteiger partial charge in [0, 0.05) is 13.5 Å². The zero-order valence-electron chi connectivity index (χ0n) is 29.9. The highest BCUT2D eigenvalue weighted by Crippen LogP contribution is 2.87. The van der Waals surface area contributed by atoms with E-state index >= 15 is 0 Å². The van der Waals surface area contributed by atoms with Crippen LogP contribution in [-0.4, -0.2) is 77.9 Å². The average molecular weight is 668 g/mol. The van der Waals surface area contributed by atoms with E-state index in [1.807, 2.05) is 0 Å². The lowest BCUT2D eigenvalue weighted by atomic mass is 9.46. The normalized spacial score (nSPS) is 45.1. The van der Waals surface area contributed by atoms with Crippen molar-refractivity contribution in [2.45, 2.75) is 142 Å². The third-order valence-corrected chi connectivity index (χ3v) is 15.3. The summed E-state index contributed by atoms with van der Waals surface area (Å²) in [4.78, 5) is 26.8. The second-order valence-corrected chi connectivity index (χ2v) is 18.2. The van der Waals surface area contributed by atoms with Gasteiger partial charge in [0.25, 0.3) is 5.91 Å². The molecule has 0 aromatic carbocycles. The van der Waals surface area contributed by atoms with Gasteiger partial charge in [0.1, 0.15) is 0 Å². The Hall–Kier alpha value is -1.94. The lowest BCUT2D eigenvalue weighted by Gasteiger charge is -2.60. The summed E-state index contributed by atoms with van der Waals surface area (Å²) in [7, 11) is 0. The number of carbonyl (C=O) groups excluding carboxylic acids is 2. The van der Waals surface area contributed by atoms with Gasteiger partial charge < -0.3 is 33.4 Å². The zero-order chi connectivity index (χ0) is 33.9. The van der Waals surface area contributed by atoms with Gasteiger partial charge in [-0.1, -0.05) is 20.8 Å². The number of carbonyl (C=O) groups is 2. The molecule has 7 aliphatic rings. The molecule has 7 fully saturated rings. The monoisotopic (exact) mass is 667 g/mol. The van der Waals surface area contributed by atoms with Gasteiger partial charge in [0.2, 0.25) is 0 Å². The molecule has 2 saturated heterocycles. The number of morpholine rings is 1. The number of hydrogen-bond acceptors (Lipinski definition) is 8. The molecule has 7 unspecified atom stereocenters. The fourth-order valence-electron chi connectivity index (χ4n) is 13.2. The molecule has 0 bridgehead atoms. The molecule has 1 N–H and O–H groups in total. The van der Waals surface area contributed by atoms with Crippen LogP contribution in [0.1, 0.15) is 116 Å². The van der Waals surface area contributed by atoms with Gasteiger partial charge in [-0.15, -0.1) is 0 Å². The number of furan rings is 1. The molecule has 266 valence electrons. The Morgan fingerprint density at radius 3 is 2.54 bits per heavy atom. The van der Waals surface area contributed by atoms with Crippen LogP contribution in [0.4, 0.5) is 0 Å². The number of aliphatic hydroxyl groups is 1. The Morgan fingerprint density at radius 1 is 1.02 bits per heavy atom. The molecule has 1 aromatic heterocycles. The summed E-state index contributed by atoms with van der Waals surface area (Å²) in [5.41, 5.74) is -0.0334. The van der Waals surface area contributed by atoms with E-state index < -0.39 is 18.0 Å². The molecule has 2 aliphatic heterocycles. The minimum Gasteiger partial charge on any atom is -0.459 e. The molecular weight excluding hydrogens is 610 g/mol. The van der Waals surface area contributed by atoms with Crippen molar-refractivity contribution >= 4 is 11.9 Å². The first-order chi connectivity index (χ1) is 22.7. The van der Waals surface area contributed by atoms with Crippen molar-refractivity contribution in [1.82, 2.24) is 4.90 Å². The molecule has 3 heterocycles. The third kappa shape index (κ3) is 4.90. The summed E-state index contributed by atoms with van der Waals surface area (Å²) in [6, 6.07) is 3.47. The second kappa shape index (κ2) is 11.3. The maximum atomic E-state index is 13.0. The minimum absolute atomic E-state index is 0.0208. The average Bonchev–Trinajstić information content (AvgIpc) is 3.28. The van der Waals surface area contributed by atoms with Crippen molar-refractivity contribution in [2.75, 3.05) is 19.7 Å². The van der Waals surface area contributed by atoms with Crippen LogP contribution in [-0.2, 0) is 23.7 Å². The van der Waals surface area contributed by atoms with E-state index in [4.69, 9.17) is 23.4 Å². The quantitative estimate of drug-likeness (QED) is 0.349. The van der Waals surface area contributed by atoms with E-state index in [-0.39, 0.29) is 41.0 Å². The van der Waals surface area contributed by atoms with E-state index in [1.165, 1.54) is 45.4 Å². The van der Waals surface area contributed by atoms with Crippen LogP contribution in [0, 0.1) is 45.3 Å². The van der Waals surface area contributed by atoms with Gasteiger partial charge in [0.05, 0.1) is 43.3 Å². The van der Waals surface area contributed by atoms with Crippen LogP contribution in [0.5, 0.6) is 0 Å². The summed E-state index contributed by atoms with van der Waals surface area (Å²) in [6.45, 7) is 13.8. The molecule has 0 radical (unpaired) electrons. The van der Waals surface area contributed by atoms with Crippen LogP contribution >= 0.6 is 0 Å². The van der Waals surface area contributed by atoms with E-state index in [0.717, 1.165) is 31.6 Å². The molecule has 48 heavy (non-hydrogen) atoms. The van der Waals surface area contributed by atoms with Crippen LogP contribution in [0.15, 0.2) is 22.8 Å². The van der Waals surface area contributed by atoms with Crippen molar-refractivity contribution in [3.05, 3.63) is 24.2 Å². The summed E-state index contributed by atoms with van der Waals surface area (Å²) in [6.07, 6.45) is 12.2. The second-order valence-electron chi connectivity index (χ2n) is 18.2. The van der Waals surface area contributed by atoms with Gasteiger partial charge in [0.15, 0.2) is 18.2 Å². The van der Waals surface area contributed by atoms with E-state index in [9.17, 15) is 14.7 Å². The molecular formula is C39H57NO8. The highest BCUT2D eigenvalue weighted by molar-refractivity contribution is 5.91. The number of rotatable bonds is 6. The number of amides is 1. The highest BCUT2D eigenvalue weighted by Gasteiger charge is 2.80. The van der Waals surface area contributed by atoms with Gasteiger partial charge in [-0.25, -0.2) is 0 Å². The molecule has 8 rings (SSSR count). The Bertz CT molecular complexity index is 1400. The SMILES string of the molecule is CC(=O)O[C@@H](C1CC[C@H]2C(CC3C4CCC5C(C)(C)[C@@H](OC6CN(C(=O)c7ccco7)CCO6)CC[C@@]56CC46CC[C@@]32C)O1)C(C)(C)O. The number of fused-ring (bicyclic) bond motifs is 4. The van der Waals surface area contributed by atoms with Gasteiger partial charge in [-0.05, 0) is 136 Å². The van der Waals surface area contributed by atoms with Crippen LogP contribution in [0.3, 0.4) is 0 Å². The number of hydrogen-bond donors (Lipinski definition) is 1. The minimum atomic E-state index is -1.16. The number of nitrogens with zero attached hydrogens (tertiary/aromatic N) is 1. The first-order valence-corrected chi connectivity index (χ1v) is 18.8. The van der Waals surface area contributed by atoms with Crippen molar-refractivity contribution in [2.24, 2.45) is 45.3 Å². The fraction of sp³-hybridized carbons (Fsp3) is 0.846. The molecule has 9 heteroatoms. The van der Waals surface area contributed by atoms with E-state index in [2.05, 4.69) is 20.8 Å². The summed E-state index contributed by atoms with van der Waals surface area (Å²) < 4.78 is 30.8. The standard InChI is InChI=1S/C39H57NO8/c1-23(41)46-33(36(4,5)43)27-11-9-25-29(47-27)20-26-24-10-12-30-35(2,3)31(13-14-39(30)22-38(24,39)16-15-37(25,26)6)48-32-21-40(17-19-45-32)34(42)28-8-7-18-44-28/h7-8,18,24-27,29-33,43H,9-17,19-22H2,1-6H3/t24?,25-,26?,27?,29?,30?,31-,32?,33-,37+,38?,39+/m0/s1. The molecule has 12 atom stereocenters. The maximum absolute atomic E-state index is 13.0. The number of ether oxygens (including phenoxy) is 4. The van der Waals surface area contributed by atoms with Crippen molar-refractivity contribution < 1.29 is 38.1 Å². The maximum Gasteiger partial charge on any atom is 0.303 e. The predicted octanol–water partition coefficient (Wildman–Crippen LogP) is 6.37. The van der Waals surface area contributed by atoms with Gasteiger partial charge >= 0.3 is 5.97 Å². The molecule has 9 nitrogen and oxygen atoms in total. The Kier molecular flexibility index (Phi) is 7.81. The van der Waals surface area contributed by atoms with Crippen molar-refractivity contribution in [3.63, 3.8) is 0 Å². The summed E-state index contributed by atoms with van der Waals surface area (Å²) in [5, 5.41) is 10.9. The lowest BCUT2D eigenvalue weighted by molar-refractivity contribution is -0.241. The van der Waals surface area contributed by atoms with Crippen LogP contribution in [0.25, 0.3) is 0 Å². The highest BCUT2D eigenvalue weighted by atomic mass is 16.7. The van der Waals surface area contributed by atoms with Gasteiger partial charge in [-0.2, -0.15) is 0 Å². The van der Waals surface area contributed by atoms with Crippen molar-refractivity contribution in [1.29, 1.82) is 0 Å². The first-order valence-electron chi connectivity index (χ1n) is 18.8. The van der Waals surface area contributed by atoms with Gasteiger partial charge in [-0.3, -0.25) is 9.59 Å². The molecule has 5 aliphatic carbocycles. The molecule has 1 amide bonds.